The van der Waals surface area contributed by atoms with Gasteiger partial charge in [-0.1, -0.05) is 48.5 Å². The van der Waals surface area contributed by atoms with E-state index in [1.807, 2.05) is 6.07 Å². The number of carbonyl (C=O) groups is 3. The third-order valence-corrected chi connectivity index (χ3v) is 4.18. The fourth-order valence-corrected chi connectivity index (χ4v) is 2.87. The maximum Gasteiger partial charge on any atom is 0.339 e. The van der Waals surface area contributed by atoms with Crippen LogP contribution in [0.15, 0.2) is 54.6 Å². The molecule has 0 radical (unpaired) electrons. The molecule has 4 nitrogen and oxygen atoms in total. The van der Waals surface area contributed by atoms with E-state index in [0.29, 0.717) is 18.4 Å². The Balaban J connectivity index is 1.85. The third-order valence-electron chi connectivity index (χ3n) is 4.18. The van der Waals surface area contributed by atoms with Gasteiger partial charge in [0.15, 0.2) is 17.7 Å². The van der Waals surface area contributed by atoms with Gasteiger partial charge in [-0.05, 0) is 25.3 Å². The van der Waals surface area contributed by atoms with Crippen LogP contribution < -0.4 is 0 Å². The van der Waals surface area contributed by atoms with Gasteiger partial charge in [0.1, 0.15) is 0 Å². The van der Waals surface area contributed by atoms with Crippen LogP contribution in [-0.2, 0) is 9.53 Å². The van der Waals surface area contributed by atoms with Crippen molar-refractivity contribution in [2.24, 2.45) is 0 Å². The van der Waals surface area contributed by atoms with Gasteiger partial charge in [0.05, 0.1) is 5.56 Å². The summed E-state index contributed by atoms with van der Waals surface area (Å²) in [5, 5.41) is 0. The van der Waals surface area contributed by atoms with E-state index in [-0.39, 0.29) is 22.7 Å². The summed E-state index contributed by atoms with van der Waals surface area (Å²) in [7, 11) is 0. The SMILES string of the molecule is O=C(OC1CCCCC1=O)c1ccccc1C(=O)c1ccccc1. The fourth-order valence-electron chi connectivity index (χ4n) is 2.87. The predicted molar refractivity (Wildman–Crippen MR) is 89.0 cm³/mol. The van der Waals surface area contributed by atoms with Crippen molar-refractivity contribution in [3.05, 3.63) is 71.3 Å². The van der Waals surface area contributed by atoms with E-state index in [4.69, 9.17) is 4.74 Å². The Morgan fingerprint density at radius 2 is 1.54 bits per heavy atom. The van der Waals surface area contributed by atoms with Crippen molar-refractivity contribution in [2.45, 2.75) is 31.8 Å². The lowest BCUT2D eigenvalue weighted by molar-refractivity contribution is -0.129. The molecule has 1 aliphatic carbocycles. The van der Waals surface area contributed by atoms with Crippen molar-refractivity contribution < 1.29 is 19.1 Å². The Morgan fingerprint density at radius 3 is 2.25 bits per heavy atom. The predicted octanol–water partition coefficient (Wildman–Crippen LogP) is 3.59. The Kier molecular flexibility index (Phi) is 4.85. The molecule has 0 aliphatic heterocycles. The van der Waals surface area contributed by atoms with Crippen LogP contribution in [0.3, 0.4) is 0 Å². The molecule has 0 spiro atoms. The highest BCUT2D eigenvalue weighted by molar-refractivity contribution is 6.14. The molecule has 0 amide bonds. The van der Waals surface area contributed by atoms with E-state index in [0.717, 1.165) is 12.8 Å². The minimum Gasteiger partial charge on any atom is -0.451 e. The molecule has 2 aromatic rings. The van der Waals surface area contributed by atoms with Gasteiger partial charge in [-0.2, -0.15) is 0 Å². The molecule has 24 heavy (non-hydrogen) atoms. The monoisotopic (exact) mass is 322 g/mol. The van der Waals surface area contributed by atoms with E-state index < -0.39 is 12.1 Å². The normalized spacial score (nSPS) is 17.3. The van der Waals surface area contributed by atoms with Gasteiger partial charge in [0, 0.05) is 17.5 Å². The molecule has 1 fully saturated rings. The summed E-state index contributed by atoms with van der Waals surface area (Å²) in [6, 6.07) is 15.3. The lowest BCUT2D eigenvalue weighted by Crippen LogP contribution is -2.30. The molecule has 4 heteroatoms. The highest BCUT2D eigenvalue weighted by Crippen LogP contribution is 2.21. The molecule has 0 heterocycles. The van der Waals surface area contributed by atoms with Gasteiger partial charge >= 0.3 is 5.97 Å². The average Bonchev–Trinajstić information content (AvgIpc) is 2.63. The van der Waals surface area contributed by atoms with Crippen LogP contribution >= 0.6 is 0 Å². The largest absolute Gasteiger partial charge is 0.451 e. The van der Waals surface area contributed by atoms with Crippen LogP contribution in [-0.4, -0.2) is 23.6 Å². The summed E-state index contributed by atoms with van der Waals surface area (Å²) >= 11 is 0. The summed E-state index contributed by atoms with van der Waals surface area (Å²) in [5.41, 5.74) is 0.994. The second kappa shape index (κ2) is 7.21. The van der Waals surface area contributed by atoms with Crippen LogP contribution in [0.25, 0.3) is 0 Å². The molecule has 0 saturated heterocycles. The average molecular weight is 322 g/mol. The van der Waals surface area contributed by atoms with Gasteiger partial charge in [0.2, 0.25) is 0 Å². The van der Waals surface area contributed by atoms with Gasteiger partial charge in [-0.3, -0.25) is 9.59 Å². The number of esters is 1. The summed E-state index contributed by atoms with van der Waals surface area (Å²) in [4.78, 5) is 37.0. The van der Waals surface area contributed by atoms with Gasteiger partial charge in [0.25, 0.3) is 0 Å². The lowest BCUT2D eigenvalue weighted by atomic mass is 9.95. The highest BCUT2D eigenvalue weighted by atomic mass is 16.5. The number of Topliss-reactive ketones (excluding diaryl/α,β-unsaturated/α-hetero) is 1. The molecular formula is C20H18O4. The quantitative estimate of drug-likeness (QED) is 0.637. The van der Waals surface area contributed by atoms with Crippen molar-refractivity contribution in [3.8, 4) is 0 Å². The topological polar surface area (TPSA) is 60.4 Å². The van der Waals surface area contributed by atoms with Gasteiger partial charge < -0.3 is 4.74 Å². The van der Waals surface area contributed by atoms with Crippen LogP contribution in [0.4, 0.5) is 0 Å². The number of hydrogen-bond acceptors (Lipinski definition) is 4. The Labute approximate surface area is 140 Å². The maximum atomic E-state index is 12.7. The Hall–Kier alpha value is -2.75. The maximum absolute atomic E-state index is 12.7. The Bertz CT molecular complexity index is 764. The van der Waals surface area contributed by atoms with Crippen LogP contribution in [0, 0.1) is 0 Å². The van der Waals surface area contributed by atoms with E-state index >= 15 is 0 Å². The summed E-state index contributed by atoms with van der Waals surface area (Å²) in [5.74, 6) is -0.894. The minimum absolute atomic E-state index is 0.0403. The number of hydrogen-bond donors (Lipinski definition) is 0. The first-order valence-electron chi connectivity index (χ1n) is 8.09. The molecule has 1 aliphatic rings. The zero-order valence-corrected chi connectivity index (χ0v) is 13.2. The van der Waals surface area contributed by atoms with E-state index in [9.17, 15) is 14.4 Å². The van der Waals surface area contributed by atoms with Crippen molar-refractivity contribution in [1.82, 2.24) is 0 Å². The zero-order chi connectivity index (χ0) is 16.9. The van der Waals surface area contributed by atoms with Crippen molar-refractivity contribution >= 4 is 17.5 Å². The van der Waals surface area contributed by atoms with Crippen molar-refractivity contribution in [2.75, 3.05) is 0 Å². The molecule has 0 aromatic heterocycles. The smallest absolute Gasteiger partial charge is 0.339 e. The molecule has 3 rings (SSSR count). The molecule has 0 bridgehead atoms. The number of benzene rings is 2. The molecule has 122 valence electrons. The standard InChI is InChI=1S/C20H18O4/c21-17-12-6-7-13-18(17)24-20(23)16-11-5-4-10-15(16)19(22)14-8-2-1-3-9-14/h1-5,8-11,18H,6-7,12-13H2. The first-order chi connectivity index (χ1) is 11.7. The van der Waals surface area contributed by atoms with E-state index in [2.05, 4.69) is 0 Å². The minimum atomic E-state index is -0.689. The second-order valence-electron chi connectivity index (χ2n) is 5.85. The van der Waals surface area contributed by atoms with Crippen LogP contribution in [0.1, 0.15) is 52.0 Å². The molecular weight excluding hydrogens is 304 g/mol. The van der Waals surface area contributed by atoms with Crippen LogP contribution in [0.5, 0.6) is 0 Å². The molecule has 1 unspecified atom stereocenters. The molecule has 0 N–H and O–H groups in total. The Morgan fingerprint density at radius 1 is 0.875 bits per heavy atom. The summed E-state index contributed by atoms with van der Waals surface area (Å²) in [6.07, 6.45) is 2.03. The number of ether oxygens (including phenoxy) is 1. The van der Waals surface area contributed by atoms with Gasteiger partial charge in [-0.15, -0.1) is 0 Å². The number of rotatable bonds is 4. The van der Waals surface area contributed by atoms with Crippen LogP contribution in [0.2, 0.25) is 0 Å². The van der Waals surface area contributed by atoms with Crippen molar-refractivity contribution in [3.63, 3.8) is 0 Å². The zero-order valence-electron chi connectivity index (χ0n) is 13.2. The summed E-state index contributed by atoms with van der Waals surface area (Å²) in [6.45, 7) is 0. The van der Waals surface area contributed by atoms with E-state index in [1.165, 1.54) is 0 Å². The molecule has 1 atom stereocenters. The first kappa shape index (κ1) is 16.1. The summed E-state index contributed by atoms with van der Waals surface area (Å²) < 4.78 is 5.38. The van der Waals surface area contributed by atoms with Gasteiger partial charge in [-0.25, -0.2) is 4.79 Å². The second-order valence-corrected chi connectivity index (χ2v) is 5.85. The lowest BCUT2D eigenvalue weighted by Gasteiger charge is -2.21. The number of carbonyl (C=O) groups excluding carboxylic acids is 3. The fraction of sp³-hybridized carbons (Fsp3) is 0.250. The highest BCUT2D eigenvalue weighted by Gasteiger charge is 2.28. The first-order valence-corrected chi connectivity index (χ1v) is 8.09. The molecule has 2 aromatic carbocycles. The van der Waals surface area contributed by atoms with Crippen molar-refractivity contribution in [1.29, 1.82) is 0 Å². The van der Waals surface area contributed by atoms with E-state index in [1.54, 1.807) is 48.5 Å². The number of ketones is 2. The molecule has 1 saturated carbocycles. The third kappa shape index (κ3) is 3.43.